The molecule has 0 amide bonds. The zero-order valence-corrected chi connectivity index (χ0v) is 31.1. The second kappa shape index (κ2) is 18.1. The average Bonchev–Trinajstić information content (AvgIpc) is 3.37. The van der Waals surface area contributed by atoms with Gasteiger partial charge in [-0.2, -0.15) is 0 Å². The SMILES string of the molecule is CCCCCCCCCCCCCCCC(=O)O[C@H]1CC[C@@]2(C)C(=CCC3C4CCC(C(C)CCCC(C)C)[C@@]4(C)CCC32)C1. The van der Waals surface area contributed by atoms with Gasteiger partial charge in [0, 0.05) is 12.8 Å². The molecule has 0 aromatic carbocycles. The van der Waals surface area contributed by atoms with Gasteiger partial charge >= 0.3 is 5.97 Å². The molecule has 3 saturated carbocycles. The van der Waals surface area contributed by atoms with E-state index >= 15 is 0 Å². The highest BCUT2D eigenvalue weighted by Crippen LogP contribution is 2.67. The van der Waals surface area contributed by atoms with E-state index in [0.29, 0.717) is 17.3 Å². The summed E-state index contributed by atoms with van der Waals surface area (Å²) >= 11 is 0. The molecule has 4 aliphatic carbocycles. The molecule has 2 nitrogen and oxygen atoms in total. The van der Waals surface area contributed by atoms with Crippen molar-refractivity contribution in [2.24, 2.45) is 46.3 Å². The number of allylic oxidation sites excluding steroid dienone is 1. The van der Waals surface area contributed by atoms with Crippen molar-refractivity contribution in [2.75, 3.05) is 0 Å². The Kier molecular flexibility index (Phi) is 14.9. The van der Waals surface area contributed by atoms with Gasteiger partial charge in [0.15, 0.2) is 0 Å². The summed E-state index contributed by atoms with van der Waals surface area (Å²) in [5, 5.41) is 0. The molecule has 0 radical (unpaired) electrons. The number of hydrogen-bond acceptors (Lipinski definition) is 2. The average molecular weight is 625 g/mol. The van der Waals surface area contributed by atoms with Crippen LogP contribution in [0.2, 0.25) is 0 Å². The first-order valence-electron chi connectivity index (χ1n) is 20.6. The van der Waals surface area contributed by atoms with Crippen molar-refractivity contribution in [1.29, 1.82) is 0 Å². The number of fused-ring (bicyclic) bond motifs is 5. The van der Waals surface area contributed by atoms with E-state index < -0.39 is 0 Å². The Morgan fingerprint density at radius 2 is 1.42 bits per heavy atom. The van der Waals surface area contributed by atoms with E-state index in [1.807, 2.05) is 0 Å². The third-order valence-corrected chi connectivity index (χ3v) is 14.0. The number of rotatable bonds is 20. The summed E-state index contributed by atoms with van der Waals surface area (Å²) in [6.07, 6.45) is 35.4. The predicted octanol–water partition coefficient (Wildman–Crippen LogP) is 13.4. The fourth-order valence-electron chi connectivity index (χ4n) is 11.3. The molecule has 0 heterocycles. The number of carbonyl (C=O) groups excluding carboxylic acids is 1. The second-order valence-electron chi connectivity index (χ2n) is 17.6. The summed E-state index contributed by atoms with van der Waals surface area (Å²) in [6.45, 7) is 14.9. The van der Waals surface area contributed by atoms with Crippen LogP contribution in [0, 0.1) is 46.3 Å². The second-order valence-corrected chi connectivity index (χ2v) is 17.6. The first kappa shape index (κ1) is 37.0. The van der Waals surface area contributed by atoms with Gasteiger partial charge in [0.1, 0.15) is 6.10 Å². The van der Waals surface area contributed by atoms with Gasteiger partial charge in [-0.15, -0.1) is 0 Å². The van der Waals surface area contributed by atoms with Crippen LogP contribution in [0.4, 0.5) is 0 Å². The monoisotopic (exact) mass is 625 g/mol. The van der Waals surface area contributed by atoms with Gasteiger partial charge in [0.25, 0.3) is 0 Å². The van der Waals surface area contributed by atoms with E-state index in [4.69, 9.17) is 4.74 Å². The minimum absolute atomic E-state index is 0.0638. The van der Waals surface area contributed by atoms with Crippen LogP contribution in [0.25, 0.3) is 0 Å². The predicted molar refractivity (Wildman–Crippen MR) is 193 cm³/mol. The molecule has 45 heavy (non-hydrogen) atoms. The van der Waals surface area contributed by atoms with Gasteiger partial charge in [-0.1, -0.05) is 150 Å². The van der Waals surface area contributed by atoms with Gasteiger partial charge in [0.05, 0.1) is 0 Å². The first-order valence-corrected chi connectivity index (χ1v) is 20.6. The molecule has 2 heteroatoms. The molecular formula is C43H76O2. The number of unbranched alkanes of at least 4 members (excludes halogenated alkanes) is 12. The lowest BCUT2D eigenvalue weighted by Gasteiger charge is -2.58. The van der Waals surface area contributed by atoms with Crippen molar-refractivity contribution in [3.8, 4) is 0 Å². The molecule has 260 valence electrons. The highest BCUT2D eigenvalue weighted by atomic mass is 16.5. The number of esters is 1. The number of ether oxygens (including phenoxy) is 1. The summed E-state index contributed by atoms with van der Waals surface area (Å²) in [6, 6.07) is 0. The fraction of sp³-hybridized carbons (Fsp3) is 0.930. The minimum atomic E-state index is 0.0638. The smallest absolute Gasteiger partial charge is 0.306 e. The van der Waals surface area contributed by atoms with Crippen LogP contribution in [0.3, 0.4) is 0 Å². The minimum Gasteiger partial charge on any atom is -0.462 e. The van der Waals surface area contributed by atoms with E-state index in [-0.39, 0.29) is 12.1 Å². The van der Waals surface area contributed by atoms with Crippen LogP contribution in [-0.2, 0) is 9.53 Å². The Morgan fingerprint density at radius 1 is 0.778 bits per heavy atom. The van der Waals surface area contributed by atoms with Crippen LogP contribution in [0.1, 0.15) is 202 Å². The Labute approximate surface area is 281 Å². The summed E-state index contributed by atoms with van der Waals surface area (Å²) in [7, 11) is 0. The van der Waals surface area contributed by atoms with Crippen LogP contribution >= 0.6 is 0 Å². The third-order valence-electron chi connectivity index (χ3n) is 14.0. The number of carbonyl (C=O) groups is 1. The van der Waals surface area contributed by atoms with Crippen LogP contribution < -0.4 is 0 Å². The van der Waals surface area contributed by atoms with Gasteiger partial charge in [-0.3, -0.25) is 4.79 Å². The highest BCUT2D eigenvalue weighted by Gasteiger charge is 2.59. The zero-order chi connectivity index (χ0) is 32.3. The molecular weight excluding hydrogens is 548 g/mol. The Hall–Kier alpha value is -0.790. The molecule has 8 atom stereocenters. The highest BCUT2D eigenvalue weighted by molar-refractivity contribution is 5.69. The molecule has 0 spiro atoms. The molecule has 0 bridgehead atoms. The normalized spacial score (nSPS) is 33.3. The summed E-state index contributed by atoms with van der Waals surface area (Å²) in [5.41, 5.74) is 2.54. The molecule has 4 rings (SSSR count). The molecule has 0 aromatic rings. The molecule has 4 aliphatic rings. The summed E-state index contributed by atoms with van der Waals surface area (Å²) in [5.74, 6) is 5.34. The van der Waals surface area contributed by atoms with Crippen LogP contribution in [-0.4, -0.2) is 12.1 Å². The van der Waals surface area contributed by atoms with Gasteiger partial charge < -0.3 is 4.74 Å². The van der Waals surface area contributed by atoms with Crippen molar-refractivity contribution in [3.63, 3.8) is 0 Å². The molecule has 0 saturated heterocycles. The Bertz CT molecular complexity index is 904. The lowest BCUT2D eigenvalue weighted by Crippen LogP contribution is -2.51. The third kappa shape index (κ3) is 9.87. The molecule has 5 unspecified atom stereocenters. The lowest BCUT2D eigenvalue weighted by molar-refractivity contribution is -0.151. The van der Waals surface area contributed by atoms with E-state index in [1.165, 1.54) is 135 Å². The van der Waals surface area contributed by atoms with Crippen molar-refractivity contribution >= 4 is 5.97 Å². The van der Waals surface area contributed by atoms with E-state index in [9.17, 15) is 4.79 Å². The van der Waals surface area contributed by atoms with E-state index in [0.717, 1.165) is 54.8 Å². The quantitative estimate of drug-likeness (QED) is 0.0765. The fourth-order valence-corrected chi connectivity index (χ4v) is 11.3. The van der Waals surface area contributed by atoms with Crippen molar-refractivity contribution in [1.82, 2.24) is 0 Å². The van der Waals surface area contributed by atoms with E-state index in [1.54, 1.807) is 5.57 Å². The van der Waals surface area contributed by atoms with Crippen molar-refractivity contribution in [2.45, 2.75) is 208 Å². The first-order chi connectivity index (χ1) is 21.7. The summed E-state index contributed by atoms with van der Waals surface area (Å²) in [4.78, 5) is 12.8. The zero-order valence-electron chi connectivity index (χ0n) is 31.1. The van der Waals surface area contributed by atoms with Crippen LogP contribution in [0.15, 0.2) is 11.6 Å². The molecule has 0 N–H and O–H groups in total. The van der Waals surface area contributed by atoms with Gasteiger partial charge in [-0.25, -0.2) is 0 Å². The maximum absolute atomic E-state index is 12.8. The van der Waals surface area contributed by atoms with Crippen molar-refractivity contribution < 1.29 is 9.53 Å². The molecule has 0 aliphatic heterocycles. The van der Waals surface area contributed by atoms with E-state index in [2.05, 4.69) is 47.6 Å². The Morgan fingerprint density at radius 3 is 2.07 bits per heavy atom. The largest absolute Gasteiger partial charge is 0.462 e. The molecule has 3 fully saturated rings. The standard InChI is InChI=1S/C43H76O2/c1-7-8-9-10-11-12-13-14-15-16-17-18-19-23-41(44)45-36-28-30-42(5)35(32-36)24-25-37-39-27-26-38(34(4)22-20-21-33(2)3)43(39,6)31-29-40(37)42/h24,33-34,36-40H,7-23,25-32H2,1-6H3/t34?,36-,37?,38?,39?,40?,42-,43+/m0/s1. The molecule has 0 aromatic heterocycles. The maximum atomic E-state index is 12.8. The maximum Gasteiger partial charge on any atom is 0.306 e. The Balaban J connectivity index is 1.14. The number of hydrogen-bond donors (Lipinski definition) is 0. The van der Waals surface area contributed by atoms with Gasteiger partial charge in [0.2, 0.25) is 0 Å². The summed E-state index contributed by atoms with van der Waals surface area (Å²) < 4.78 is 6.12. The van der Waals surface area contributed by atoms with Crippen LogP contribution in [0.5, 0.6) is 0 Å². The van der Waals surface area contributed by atoms with Crippen molar-refractivity contribution in [3.05, 3.63) is 11.6 Å². The van der Waals surface area contributed by atoms with Gasteiger partial charge in [-0.05, 0) is 97.7 Å². The lowest BCUT2D eigenvalue weighted by atomic mass is 9.47. The topological polar surface area (TPSA) is 26.3 Å².